The van der Waals surface area contributed by atoms with Crippen LogP contribution in [0.3, 0.4) is 0 Å². The lowest BCUT2D eigenvalue weighted by Gasteiger charge is -2.31. The van der Waals surface area contributed by atoms with E-state index in [1.54, 1.807) is 0 Å². The molecule has 0 fully saturated rings. The van der Waals surface area contributed by atoms with Crippen LogP contribution < -0.4 is 9.47 Å². The summed E-state index contributed by atoms with van der Waals surface area (Å²) in [6.45, 7) is 9.13. The van der Waals surface area contributed by atoms with Gasteiger partial charge in [0.15, 0.2) is 11.5 Å². The molecule has 0 atom stereocenters. The third-order valence-electron chi connectivity index (χ3n) is 3.71. The van der Waals surface area contributed by atoms with Gasteiger partial charge in [-0.25, -0.2) is 0 Å². The van der Waals surface area contributed by atoms with Crippen LogP contribution in [-0.2, 0) is 10.2 Å². The van der Waals surface area contributed by atoms with Crippen LogP contribution in [0.4, 0.5) is 0 Å². The third-order valence-corrected chi connectivity index (χ3v) is 4.50. The molecular weight excluding hydrogens is 336 g/mol. The maximum absolute atomic E-state index is 11.2. The summed E-state index contributed by atoms with van der Waals surface area (Å²) in [5, 5.41) is 9.18. The molecule has 0 amide bonds. The molecule has 0 saturated carbocycles. The van der Waals surface area contributed by atoms with Gasteiger partial charge in [0.1, 0.15) is 13.2 Å². The normalized spacial score (nSPS) is 14.4. The number of carboxylic acid groups (broad SMARTS) is 1. The number of fused-ring (bicyclic) bond motifs is 1. The van der Waals surface area contributed by atoms with E-state index in [-0.39, 0.29) is 12.3 Å². The molecule has 0 bridgehead atoms. The van der Waals surface area contributed by atoms with Gasteiger partial charge < -0.3 is 14.6 Å². The van der Waals surface area contributed by atoms with Crippen molar-refractivity contribution in [1.82, 2.24) is 0 Å². The summed E-state index contributed by atoms with van der Waals surface area (Å²) >= 11 is 3.62. The van der Waals surface area contributed by atoms with Crippen molar-refractivity contribution in [3.63, 3.8) is 0 Å². The van der Waals surface area contributed by atoms with Crippen LogP contribution >= 0.6 is 15.9 Å². The average Bonchev–Trinajstić information content (AvgIpc) is 2.36. The van der Waals surface area contributed by atoms with Gasteiger partial charge in [-0.2, -0.15) is 0 Å². The van der Waals surface area contributed by atoms with E-state index >= 15 is 0 Å². The van der Waals surface area contributed by atoms with Crippen LogP contribution in [0.15, 0.2) is 10.5 Å². The fraction of sp³-hybridized carbons (Fsp3) is 0.562. The van der Waals surface area contributed by atoms with E-state index in [0.717, 1.165) is 21.3 Å². The first-order chi connectivity index (χ1) is 9.74. The Morgan fingerprint density at radius 2 is 2.00 bits per heavy atom. The predicted octanol–water partition coefficient (Wildman–Crippen LogP) is 4.10. The highest BCUT2D eigenvalue weighted by molar-refractivity contribution is 9.10. The minimum absolute atomic E-state index is 0.0683. The maximum Gasteiger partial charge on any atom is 0.304 e. The van der Waals surface area contributed by atoms with Crippen LogP contribution in [0, 0.1) is 0 Å². The largest absolute Gasteiger partial charge is 0.486 e. The van der Waals surface area contributed by atoms with Gasteiger partial charge in [-0.15, -0.1) is 0 Å². The number of benzene rings is 1. The van der Waals surface area contributed by atoms with Gasteiger partial charge in [0.05, 0.1) is 10.9 Å². The molecule has 1 N–H and O–H groups in total. The number of rotatable bonds is 4. The Hall–Kier alpha value is -1.23. The minimum Gasteiger partial charge on any atom is -0.486 e. The van der Waals surface area contributed by atoms with Crippen LogP contribution in [0.2, 0.25) is 0 Å². The molecule has 0 spiro atoms. The molecule has 0 aromatic heterocycles. The van der Waals surface area contributed by atoms with Crippen molar-refractivity contribution in [3.8, 4) is 11.5 Å². The number of aliphatic carboxylic acids is 1. The highest BCUT2D eigenvalue weighted by Crippen LogP contribution is 2.47. The molecule has 2 rings (SSSR count). The van der Waals surface area contributed by atoms with Crippen molar-refractivity contribution in [2.45, 2.75) is 45.4 Å². The first kappa shape index (κ1) is 16.1. The SMILES string of the molecule is CC(C)c1c(C(C)(C)CC(=O)O)cc2c(c1Br)OCCO2. The van der Waals surface area contributed by atoms with Gasteiger partial charge in [0.2, 0.25) is 0 Å². The molecule has 0 aliphatic carbocycles. The van der Waals surface area contributed by atoms with Crippen LogP contribution in [0.1, 0.15) is 51.2 Å². The molecule has 1 aliphatic heterocycles. The standard InChI is InChI=1S/C16H21BrO4/c1-9(2)13-10(16(3,4)8-12(18)19)7-11-15(14(13)17)21-6-5-20-11/h7,9H,5-6,8H2,1-4H3,(H,18,19). The second kappa shape index (κ2) is 5.87. The molecule has 1 aromatic rings. The van der Waals surface area contributed by atoms with Gasteiger partial charge in [-0.3, -0.25) is 4.79 Å². The Labute approximate surface area is 133 Å². The zero-order chi connectivity index (χ0) is 15.8. The topological polar surface area (TPSA) is 55.8 Å². The summed E-state index contributed by atoms with van der Waals surface area (Å²) in [7, 11) is 0. The van der Waals surface area contributed by atoms with E-state index in [0.29, 0.717) is 19.0 Å². The number of hydrogen-bond acceptors (Lipinski definition) is 3. The molecule has 5 heteroatoms. The second-order valence-corrected chi connectivity index (χ2v) is 7.08. The molecular formula is C16H21BrO4. The highest BCUT2D eigenvalue weighted by atomic mass is 79.9. The third kappa shape index (κ3) is 3.18. The van der Waals surface area contributed by atoms with E-state index < -0.39 is 11.4 Å². The Bertz CT molecular complexity index is 564. The molecule has 0 unspecified atom stereocenters. The van der Waals surface area contributed by atoms with Crippen molar-refractivity contribution in [2.75, 3.05) is 13.2 Å². The fourth-order valence-electron chi connectivity index (χ4n) is 2.76. The molecule has 4 nitrogen and oxygen atoms in total. The Balaban J connectivity index is 2.64. The van der Waals surface area contributed by atoms with E-state index in [9.17, 15) is 9.90 Å². The quantitative estimate of drug-likeness (QED) is 0.882. The van der Waals surface area contributed by atoms with Gasteiger partial charge in [0.25, 0.3) is 0 Å². The summed E-state index contributed by atoms with van der Waals surface area (Å²) in [4.78, 5) is 11.2. The van der Waals surface area contributed by atoms with Gasteiger partial charge in [-0.05, 0) is 39.0 Å². The lowest BCUT2D eigenvalue weighted by molar-refractivity contribution is -0.138. The number of hydrogen-bond donors (Lipinski definition) is 1. The van der Waals surface area contributed by atoms with Gasteiger partial charge in [-0.1, -0.05) is 27.7 Å². The van der Waals surface area contributed by atoms with Gasteiger partial charge >= 0.3 is 5.97 Å². The first-order valence-corrected chi connectivity index (χ1v) is 7.87. The fourth-order valence-corrected chi connectivity index (χ4v) is 3.74. The summed E-state index contributed by atoms with van der Waals surface area (Å²) in [5.74, 6) is 0.852. The molecule has 1 heterocycles. The summed E-state index contributed by atoms with van der Waals surface area (Å²) < 4.78 is 12.3. The monoisotopic (exact) mass is 356 g/mol. The lowest BCUT2D eigenvalue weighted by Crippen LogP contribution is -2.25. The van der Waals surface area contributed by atoms with Crippen LogP contribution in [0.25, 0.3) is 0 Å². The second-order valence-electron chi connectivity index (χ2n) is 6.29. The van der Waals surface area contributed by atoms with E-state index in [2.05, 4.69) is 29.8 Å². The summed E-state index contributed by atoms with van der Waals surface area (Å²) in [5.41, 5.74) is 1.60. The Morgan fingerprint density at radius 3 is 2.57 bits per heavy atom. The molecule has 0 radical (unpaired) electrons. The maximum atomic E-state index is 11.2. The highest BCUT2D eigenvalue weighted by Gasteiger charge is 2.32. The van der Waals surface area contributed by atoms with Crippen molar-refractivity contribution in [2.24, 2.45) is 0 Å². The lowest BCUT2D eigenvalue weighted by atomic mass is 9.76. The van der Waals surface area contributed by atoms with Crippen LogP contribution in [0.5, 0.6) is 11.5 Å². The number of carboxylic acids is 1. The zero-order valence-electron chi connectivity index (χ0n) is 12.8. The Kier molecular flexibility index (Phi) is 4.51. The first-order valence-electron chi connectivity index (χ1n) is 7.08. The average molecular weight is 357 g/mol. The van der Waals surface area contributed by atoms with E-state index in [1.807, 2.05) is 19.9 Å². The number of carbonyl (C=O) groups is 1. The zero-order valence-corrected chi connectivity index (χ0v) is 14.4. The molecule has 1 aromatic carbocycles. The number of ether oxygens (including phenoxy) is 2. The minimum atomic E-state index is -0.805. The van der Waals surface area contributed by atoms with E-state index in [1.165, 1.54) is 0 Å². The van der Waals surface area contributed by atoms with Crippen LogP contribution in [-0.4, -0.2) is 24.3 Å². The predicted molar refractivity (Wildman–Crippen MR) is 84.5 cm³/mol. The molecule has 21 heavy (non-hydrogen) atoms. The van der Waals surface area contributed by atoms with Crippen molar-refractivity contribution >= 4 is 21.9 Å². The summed E-state index contributed by atoms with van der Waals surface area (Å²) in [6, 6.07) is 1.94. The molecule has 0 saturated heterocycles. The smallest absolute Gasteiger partial charge is 0.304 e. The molecule has 1 aliphatic rings. The molecule has 116 valence electrons. The number of halogens is 1. The van der Waals surface area contributed by atoms with Gasteiger partial charge in [0, 0.05) is 5.41 Å². The van der Waals surface area contributed by atoms with Crippen molar-refractivity contribution in [1.29, 1.82) is 0 Å². The summed E-state index contributed by atoms with van der Waals surface area (Å²) in [6.07, 6.45) is 0.0683. The Morgan fingerprint density at radius 1 is 1.38 bits per heavy atom. The van der Waals surface area contributed by atoms with E-state index in [4.69, 9.17) is 9.47 Å². The van der Waals surface area contributed by atoms with Crippen molar-refractivity contribution < 1.29 is 19.4 Å². The van der Waals surface area contributed by atoms with Crippen molar-refractivity contribution in [3.05, 3.63) is 21.7 Å².